The van der Waals surface area contributed by atoms with Gasteiger partial charge in [-0.05, 0) is 24.3 Å². The van der Waals surface area contributed by atoms with Crippen molar-refractivity contribution in [3.63, 3.8) is 0 Å². The highest BCUT2D eigenvalue weighted by Crippen LogP contribution is 2.23. The molecule has 0 saturated heterocycles. The van der Waals surface area contributed by atoms with Crippen LogP contribution in [0.4, 0.5) is 0 Å². The van der Waals surface area contributed by atoms with Gasteiger partial charge in [0, 0.05) is 16.8 Å². The van der Waals surface area contributed by atoms with E-state index in [1.54, 1.807) is 35.0 Å². The maximum Gasteiger partial charge on any atom is 0.339 e. The predicted octanol–water partition coefficient (Wildman–Crippen LogP) is 3.35. The Morgan fingerprint density at radius 2 is 1.95 bits per heavy atom. The average Bonchev–Trinajstić information content (AvgIpc) is 2.83. The average molecular weight is 273 g/mol. The second kappa shape index (κ2) is 4.40. The molecule has 1 N–H and O–H groups in total. The molecule has 0 amide bonds. The SMILES string of the molecule is O=C(O)c1cccn2c(-c3ccc(Cl)cc3)cnc12. The Balaban J connectivity index is 2.24. The summed E-state index contributed by atoms with van der Waals surface area (Å²) < 4.78 is 1.76. The van der Waals surface area contributed by atoms with E-state index in [0.29, 0.717) is 10.7 Å². The van der Waals surface area contributed by atoms with Crippen molar-refractivity contribution in [2.75, 3.05) is 0 Å². The van der Waals surface area contributed by atoms with Gasteiger partial charge in [0.25, 0.3) is 0 Å². The van der Waals surface area contributed by atoms with E-state index in [0.717, 1.165) is 11.3 Å². The van der Waals surface area contributed by atoms with Crippen molar-refractivity contribution < 1.29 is 9.90 Å². The predicted molar refractivity (Wildman–Crippen MR) is 72.6 cm³/mol. The molecule has 3 aromatic rings. The molecular formula is C14H9ClN2O2. The molecule has 5 heteroatoms. The van der Waals surface area contributed by atoms with Crippen LogP contribution in [0.25, 0.3) is 16.9 Å². The smallest absolute Gasteiger partial charge is 0.339 e. The molecule has 0 bridgehead atoms. The Kier molecular flexibility index (Phi) is 2.72. The normalized spacial score (nSPS) is 10.8. The summed E-state index contributed by atoms with van der Waals surface area (Å²) in [6, 6.07) is 10.6. The largest absolute Gasteiger partial charge is 0.478 e. The minimum Gasteiger partial charge on any atom is -0.478 e. The first-order valence-electron chi connectivity index (χ1n) is 5.62. The van der Waals surface area contributed by atoms with Crippen LogP contribution in [0.15, 0.2) is 48.8 Å². The summed E-state index contributed by atoms with van der Waals surface area (Å²) in [4.78, 5) is 15.3. The number of benzene rings is 1. The van der Waals surface area contributed by atoms with Gasteiger partial charge in [0.2, 0.25) is 0 Å². The number of hydrogen-bond acceptors (Lipinski definition) is 2. The van der Waals surface area contributed by atoms with Gasteiger partial charge in [0.05, 0.1) is 11.9 Å². The molecule has 0 saturated carbocycles. The van der Waals surface area contributed by atoms with Gasteiger partial charge in [-0.3, -0.25) is 4.40 Å². The molecule has 4 nitrogen and oxygen atoms in total. The van der Waals surface area contributed by atoms with Gasteiger partial charge in [-0.25, -0.2) is 9.78 Å². The summed E-state index contributed by atoms with van der Waals surface area (Å²) in [6.07, 6.45) is 3.45. The monoisotopic (exact) mass is 272 g/mol. The molecule has 0 radical (unpaired) electrons. The highest BCUT2D eigenvalue weighted by atomic mass is 35.5. The minimum absolute atomic E-state index is 0.183. The number of imidazole rings is 1. The summed E-state index contributed by atoms with van der Waals surface area (Å²) in [6.45, 7) is 0. The number of aromatic nitrogens is 2. The summed E-state index contributed by atoms with van der Waals surface area (Å²) in [5, 5.41) is 9.78. The van der Waals surface area contributed by atoms with Gasteiger partial charge in [-0.1, -0.05) is 23.7 Å². The lowest BCUT2D eigenvalue weighted by atomic mass is 10.2. The number of nitrogens with zero attached hydrogens (tertiary/aromatic N) is 2. The van der Waals surface area contributed by atoms with E-state index in [2.05, 4.69) is 4.98 Å². The standard InChI is InChI=1S/C14H9ClN2O2/c15-10-5-3-9(4-6-10)12-8-16-13-11(14(18)19)2-1-7-17(12)13/h1-8H,(H,18,19). The Bertz CT molecular complexity index is 763. The molecule has 0 aliphatic rings. The first-order chi connectivity index (χ1) is 9.16. The molecule has 19 heavy (non-hydrogen) atoms. The lowest BCUT2D eigenvalue weighted by Gasteiger charge is -2.03. The fourth-order valence-electron chi connectivity index (χ4n) is 2.01. The zero-order valence-corrected chi connectivity index (χ0v) is 10.5. The highest BCUT2D eigenvalue weighted by molar-refractivity contribution is 6.30. The van der Waals surface area contributed by atoms with Crippen molar-refractivity contribution in [2.24, 2.45) is 0 Å². The van der Waals surface area contributed by atoms with E-state index in [9.17, 15) is 4.79 Å². The molecule has 0 spiro atoms. The number of halogens is 1. The Hall–Kier alpha value is -2.33. The summed E-state index contributed by atoms with van der Waals surface area (Å²) in [5.41, 5.74) is 2.37. The van der Waals surface area contributed by atoms with Crippen LogP contribution in [-0.2, 0) is 0 Å². The molecule has 0 aliphatic heterocycles. The molecule has 0 unspecified atom stereocenters. The summed E-state index contributed by atoms with van der Waals surface area (Å²) >= 11 is 5.86. The third-order valence-corrected chi connectivity index (χ3v) is 3.16. The fraction of sp³-hybridized carbons (Fsp3) is 0. The molecular weight excluding hydrogens is 264 g/mol. The van der Waals surface area contributed by atoms with Crippen LogP contribution in [0, 0.1) is 0 Å². The third-order valence-electron chi connectivity index (χ3n) is 2.91. The first kappa shape index (κ1) is 11.7. The number of fused-ring (bicyclic) bond motifs is 1. The number of pyridine rings is 1. The minimum atomic E-state index is -0.987. The van der Waals surface area contributed by atoms with Crippen molar-refractivity contribution >= 4 is 23.2 Å². The van der Waals surface area contributed by atoms with Gasteiger partial charge < -0.3 is 5.11 Å². The number of aromatic carboxylic acids is 1. The first-order valence-corrected chi connectivity index (χ1v) is 6.00. The van der Waals surface area contributed by atoms with Gasteiger partial charge >= 0.3 is 5.97 Å². The van der Waals surface area contributed by atoms with Gasteiger partial charge in [-0.15, -0.1) is 0 Å². The van der Waals surface area contributed by atoms with Crippen molar-refractivity contribution in [1.29, 1.82) is 0 Å². The number of carboxylic acids is 1. The van der Waals surface area contributed by atoms with Crippen molar-refractivity contribution in [3.05, 3.63) is 59.4 Å². The third kappa shape index (κ3) is 1.96. The number of carbonyl (C=O) groups is 1. The van der Waals surface area contributed by atoms with Gasteiger partial charge in [0.15, 0.2) is 5.65 Å². The maximum atomic E-state index is 11.1. The van der Waals surface area contributed by atoms with Crippen LogP contribution in [0.5, 0.6) is 0 Å². The topological polar surface area (TPSA) is 54.6 Å². The van der Waals surface area contributed by atoms with Crippen LogP contribution in [-0.4, -0.2) is 20.5 Å². The fourth-order valence-corrected chi connectivity index (χ4v) is 2.14. The Labute approximate surface area is 113 Å². The molecule has 2 aromatic heterocycles. The lowest BCUT2D eigenvalue weighted by Crippen LogP contribution is -2.00. The van der Waals surface area contributed by atoms with E-state index in [-0.39, 0.29) is 5.56 Å². The molecule has 2 heterocycles. The van der Waals surface area contributed by atoms with Gasteiger partial charge in [-0.2, -0.15) is 0 Å². The number of hydrogen-bond donors (Lipinski definition) is 1. The zero-order chi connectivity index (χ0) is 13.4. The molecule has 1 aromatic carbocycles. The van der Waals surface area contributed by atoms with E-state index in [1.165, 1.54) is 6.07 Å². The van der Waals surface area contributed by atoms with Crippen molar-refractivity contribution in [1.82, 2.24) is 9.38 Å². The van der Waals surface area contributed by atoms with Crippen LogP contribution in [0.2, 0.25) is 5.02 Å². The molecule has 0 fully saturated rings. The zero-order valence-electron chi connectivity index (χ0n) is 9.75. The Morgan fingerprint density at radius 3 is 2.63 bits per heavy atom. The van der Waals surface area contributed by atoms with Crippen molar-refractivity contribution in [3.8, 4) is 11.3 Å². The molecule has 94 valence electrons. The van der Waals surface area contributed by atoms with Crippen LogP contribution in [0.1, 0.15) is 10.4 Å². The number of carboxylic acid groups (broad SMARTS) is 1. The van der Waals surface area contributed by atoms with E-state index in [1.807, 2.05) is 12.1 Å². The quantitative estimate of drug-likeness (QED) is 0.778. The second-order valence-electron chi connectivity index (χ2n) is 4.07. The van der Waals surface area contributed by atoms with Crippen LogP contribution < -0.4 is 0 Å². The maximum absolute atomic E-state index is 11.1. The van der Waals surface area contributed by atoms with Crippen molar-refractivity contribution in [2.45, 2.75) is 0 Å². The Morgan fingerprint density at radius 1 is 1.21 bits per heavy atom. The highest BCUT2D eigenvalue weighted by Gasteiger charge is 2.13. The van der Waals surface area contributed by atoms with Crippen LogP contribution >= 0.6 is 11.6 Å². The van der Waals surface area contributed by atoms with E-state index < -0.39 is 5.97 Å². The number of rotatable bonds is 2. The molecule has 0 aliphatic carbocycles. The molecule has 3 rings (SSSR count). The lowest BCUT2D eigenvalue weighted by molar-refractivity contribution is 0.0698. The van der Waals surface area contributed by atoms with Crippen LogP contribution in [0.3, 0.4) is 0 Å². The van der Waals surface area contributed by atoms with Gasteiger partial charge in [0.1, 0.15) is 5.56 Å². The van der Waals surface area contributed by atoms with E-state index in [4.69, 9.17) is 16.7 Å². The van der Waals surface area contributed by atoms with E-state index >= 15 is 0 Å². The summed E-state index contributed by atoms with van der Waals surface area (Å²) in [5.74, 6) is -0.987. The molecule has 0 atom stereocenters. The summed E-state index contributed by atoms with van der Waals surface area (Å²) in [7, 11) is 0. The second-order valence-corrected chi connectivity index (χ2v) is 4.51.